The number of carboxylic acid groups (broad SMARTS) is 1. The number of ether oxygens (including phenoxy) is 1. The second-order valence-electron chi connectivity index (χ2n) is 11.5. The highest BCUT2D eigenvalue weighted by Crippen LogP contribution is 2.70. The smallest absolute Gasteiger partial charge is 0.376 e. The number of ketones is 1. The number of nitrogens with zero attached hydrogens (tertiary/aromatic N) is 3. The molecule has 3 amide bonds. The molecule has 6 atom stereocenters. The molecule has 3 fully saturated rings. The van der Waals surface area contributed by atoms with Crippen LogP contribution in [-0.4, -0.2) is 81.8 Å². The zero-order valence-corrected chi connectivity index (χ0v) is 24.6. The van der Waals surface area contributed by atoms with Crippen LogP contribution in [0.2, 0.25) is 0 Å². The number of carboxylic acids is 1. The highest BCUT2D eigenvalue weighted by Gasteiger charge is 2.89. The normalized spacial score (nSPS) is 34.6. The lowest BCUT2D eigenvalue weighted by molar-refractivity contribution is -0.301. The number of β-lactam (4-membered cyclic amide) rings is 1. The molecule has 1 aromatic rings. The van der Waals surface area contributed by atoms with Crippen molar-refractivity contribution in [2.45, 2.75) is 62.5 Å². The number of quaternary nitrogens is 1. The van der Waals surface area contributed by atoms with Crippen LogP contribution in [0.15, 0.2) is 38.6 Å². The fourth-order valence-electron chi connectivity index (χ4n) is 6.40. The van der Waals surface area contributed by atoms with Crippen molar-refractivity contribution in [3.63, 3.8) is 0 Å². The van der Waals surface area contributed by atoms with Crippen LogP contribution in [0.5, 0.6) is 0 Å². The monoisotopic (exact) mass is 591 g/mol. The van der Waals surface area contributed by atoms with Crippen LogP contribution in [0.4, 0.5) is 5.88 Å². The first-order valence-corrected chi connectivity index (χ1v) is 14.6. The summed E-state index contributed by atoms with van der Waals surface area (Å²) < 4.78 is 10.8. The summed E-state index contributed by atoms with van der Waals surface area (Å²) in [5.74, 6) is -6.00. The van der Waals surface area contributed by atoms with Crippen molar-refractivity contribution in [3.8, 4) is 0 Å². The van der Waals surface area contributed by atoms with Gasteiger partial charge in [0.15, 0.2) is 17.6 Å². The van der Waals surface area contributed by atoms with Crippen molar-refractivity contribution in [2.75, 3.05) is 13.4 Å². The van der Waals surface area contributed by atoms with E-state index in [-0.39, 0.29) is 10.8 Å². The second kappa shape index (κ2) is 9.03. The third-order valence-electron chi connectivity index (χ3n) is 7.95. The summed E-state index contributed by atoms with van der Waals surface area (Å²) >= 11 is 2.05. The molecular weight excluding hydrogens is 562 g/mol. The number of fused-ring (bicyclic) bond motifs is 2. The fourth-order valence-corrected chi connectivity index (χ4v) is 9.12. The Balaban J connectivity index is 1.90. The van der Waals surface area contributed by atoms with E-state index in [0.717, 1.165) is 34.6 Å². The highest BCUT2D eigenvalue weighted by atomic mass is 32.2. The van der Waals surface area contributed by atoms with Crippen molar-refractivity contribution in [3.05, 3.63) is 29.0 Å². The molecule has 0 N–H and O–H groups in total. The SMILES string of the molecule is CON=CC(=O)[N+]1(c2ccco2)C(=O)C2(OC(C)(C)C)C(C(=O)C3S[C@H]4C1C(=O)N4C(C(=O)[O-])=C3SC)C2(C)C. The maximum absolute atomic E-state index is 15.2. The molecule has 14 heteroatoms. The van der Waals surface area contributed by atoms with Gasteiger partial charge in [0, 0.05) is 16.4 Å². The van der Waals surface area contributed by atoms with E-state index in [1.807, 2.05) is 0 Å². The highest BCUT2D eigenvalue weighted by molar-refractivity contribution is 8.06. The Morgan fingerprint density at radius 2 is 1.95 bits per heavy atom. The molecule has 1 aliphatic carbocycles. The van der Waals surface area contributed by atoms with Gasteiger partial charge in [-0.05, 0) is 33.1 Å². The number of thioether (sulfide) groups is 2. The molecule has 12 nitrogen and oxygen atoms in total. The van der Waals surface area contributed by atoms with E-state index in [9.17, 15) is 24.3 Å². The lowest BCUT2D eigenvalue weighted by Gasteiger charge is -2.54. The maximum atomic E-state index is 15.2. The topological polar surface area (TPSA) is 156 Å². The van der Waals surface area contributed by atoms with Crippen LogP contribution in [0.25, 0.3) is 0 Å². The minimum absolute atomic E-state index is 0.142. The van der Waals surface area contributed by atoms with Gasteiger partial charge in [-0.2, -0.15) is 0 Å². The molecule has 1 aromatic heterocycles. The molecule has 214 valence electrons. The molecule has 1 saturated carbocycles. The van der Waals surface area contributed by atoms with Crippen molar-refractivity contribution >= 4 is 65.1 Å². The number of rotatable bonds is 6. The van der Waals surface area contributed by atoms with Gasteiger partial charge in [0.2, 0.25) is 6.04 Å². The van der Waals surface area contributed by atoms with Gasteiger partial charge in [0.05, 0.1) is 34.7 Å². The van der Waals surface area contributed by atoms with Gasteiger partial charge in [0.25, 0.3) is 5.91 Å². The minimum atomic E-state index is -1.88. The summed E-state index contributed by atoms with van der Waals surface area (Å²) in [7, 11) is 1.21. The van der Waals surface area contributed by atoms with Crippen LogP contribution < -0.4 is 9.59 Å². The molecule has 4 heterocycles. The van der Waals surface area contributed by atoms with Crippen molar-refractivity contribution in [2.24, 2.45) is 16.5 Å². The predicted molar refractivity (Wildman–Crippen MR) is 143 cm³/mol. The molecule has 0 spiro atoms. The van der Waals surface area contributed by atoms with E-state index in [4.69, 9.17) is 14.0 Å². The minimum Gasteiger partial charge on any atom is -0.543 e. The van der Waals surface area contributed by atoms with E-state index in [2.05, 4.69) is 5.16 Å². The van der Waals surface area contributed by atoms with Gasteiger partial charge < -0.3 is 23.9 Å². The Labute approximate surface area is 238 Å². The Morgan fingerprint density at radius 1 is 1.27 bits per heavy atom. The summed E-state index contributed by atoms with van der Waals surface area (Å²) in [5, 5.41) is 13.9. The predicted octanol–water partition coefficient (Wildman–Crippen LogP) is 1.04. The molecular formula is C26H29N3O9S2. The van der Waals surface area contributed by atoms with Gasteiger partial charge >= 0.3 is 17.7 Å². The summed E-state index contributed by atoms with van der Waals surface area (Å²) in [5.41, 5.74) is -4.44. The third-order valence-corrected chi connectivity index (χ3v) is 10.5. The number of Topliss-reactive ketones (excluding diaryl/α,β-unsaturated/α-hetero) is 1. The van der Waals surface area contributed by atoms with Crippen molar-refractivity contribution in [1.29, 1.82) is 0 Å². The zero-order valence-electron chi connectivity index (χ0n) is 23.0. The summed E-state index contributed by atoms with van der Waals surface area (Å²) in [6.07, 6.45) is 3.64. The van der Waals surface area contributed by atoms with E-state index >= 15 is 4.79 Å². The number of amides is 3. The Kier molecular flexibility index (Phi) is 6.45. The quantitative estimate of drug-likeness (QED) is 0.202. The second-order valence-corrected chi connectivity index (χ2v) is 13.6. The molecule has 3 aliphatic heterocycles. The molecule has 2 bridgehead atoms. The molecule has 5 unspecified atom stereocenters. The van der Waals surface area contributed by atoms with Crippen LogP contribution >= 0.6 is 23.5 Å². The first-order valence-electron chi connectivity index (χ1n) is 12.4. The van der Waals surface area contributed by atoms with Crippen LogP contribution in [-0.2, 0) is 33.5 Å². The summed E-state index contributed by atoms with van der Waals surface area (Å²) in [6.45, 7) is 8.54. The fraction of sp³-hybridized carbons (Fsp3) is 0.538. The van der Waals surface area contributed by atoms with Gasteiger partial charge in [0.1, 0.15) is 12.5 Å². The van der Waals surface area contributed by atoms with Gasteiger partial charge in [-0.1, -0.05) is 19.0 Å². The maximum Gasteiger partial charge on any atom is 0.376 e. The largest absolute Gasteiger partial charge is 0.543 e. The number of oxime groups is 1. The number of hydrogen-bond donors (Lipinski definition) is 0. The number of aliphatic carboxylic acids is 1. The number of carbonyl (C=O) groups excluding carboxylic acids is 5. The van der Waals surface area contributed by atoms with Crippen molar-refractivity contribution in [1.82, 2.24) is 9.38 Å². The summed E-state index contributed by atoms with van der Waals surface area (Å²) in [6, 6.07) is 1.35. The third kappa shape index (κ3) is 3.42. The standard InChI is InChI=1S/C26H29N3O9S2/c1-24(2,3)38-26-19(25(26,4)5)16(31)18-17(39-7)14(22(33)34)28-20(32)15(21(28)40-18)29(23(26)35,12(30)11-27-36-6)13-9-8-10-37-13/h8-11,15,18-19,21H,1-7H3/t15?,18?,19?,21-,26?,29?/m0/s1. The number of carbonyl (C=O) groups is 5. The number of imide groups is 1. The average Bonchev–Trinajstić information content (AvgIpc) is 3.20. The molecule has 2 saturated heterocycles. The first-order chi connectivity index (χ1) is 18.6. The Morgan fingerprint density at radius 3 is 2.48 bits per heavy atom. The summed E-state index contributed by atoms with van der Waals surface area (Å²) in [4.78, 5) is 76.0. The van der Waals surface area contributed by atoms with Gasteiger partial charge in [-0.25, -0.2) is 9.59 Å². The average molecular weight is 592 g/mol. The Bertz CT molecular complexity index is 1400. The van der Waals surface area contributed by atoms with E-state index in [1.54, 1.807) is 40.9 Å². The lowest BCUT2D eigenvalue weighted by Crippen LogP contribution is -2.83. The van der Waals surface area contributed by atoms with E-state index in [1.165, 1.54) is 25.5 Å². The van der Waals surface area contributed by atoms with Crippen LogP contribution in [0.1, 0.15) is 34.6 Å². The lowest BCUT2D eigenvalue weighted by atomic mass is 9.94. The molecule has 0 radical (unpaired) electrons. The number of furan rings is 1. The zero-order chi connectivity index (χ0) is 29.6. The van der Waals surface area contributed by atoms with Gasteiger partial charge in [-0.3, -0.25) is 14.5 Å². The van der Waals surface area contributed by atoms with E-state index < -0.39 is 78.9 Å². The molecule has 0 aromatic carbocycles. The first kappa shape index (κ1) is 28.6. The number of hydrogen-bond acceptors (Lipinski definition) is 12. The van der Waals surface area contributed by atoms with Crippen LogP contribution in [0, 0.1) is 11.3 Å². The molecule has 5 rings (SSSR count). The Hall–Kier alpha value is -2.94. The molecule has 40 heavy (non-hydrogen) atoms. The van der Waals surface area contributed by atoms with Gasteiger partial charge in [-0.15, -0.1) is 28.0 Å². The van der Waals surface area contributed by atoms with Crippen molar-refractivity contribution < 1.29 is 43.1 Å². The van der Waals surface area contributed by atoms with E-state index in [0.29, 0.717) is 0 Å². The molecule has 4 aliphatic rings. The van der Waals surface area contributed by atoms with Crippen LogP contribution in [0.3, 0.4) is 0 Å².